The van der Waals surface area contributed by atoms with E-state index in [2.05, 4.69) is 30.0 Å². The summed E-state index contributed by atoms with van der Waals surface area (Å²) in [5, 5.41) is 12.2. The minimum atomic E-state index is 0. The molecule has 0 saturated heterocycles. The third-order valence-electron chi connectivity index (χ3n) is 5.07. The van der Waals surface area contributed by atoms with Crippen molar-refractivity contribution in [3.8, 4) is 11.5 Å². The second-order valence-electron chi connectivity index (χ2n) is 6.93. The largest absolute Gasteiger partial charge is 0.497 e. The van der Waals surface area contributed by atoms with Crippen LogP contribution < -0.4 is 14.8 Å². The number of aryl methyl sites for hydroxylation is 1. The number of nitrogens with one attached hydrogen (secondary N) is 1. The number of rotatable bonds is 6. The molecule has 0 radical (unpaired) electrons. The number of hydrogen-bond donors (Lipinski definition) is 1. The summed E-state index contributed by atoms with van der Waals surface area (Å²) in [6, 6.07) is 5.85. The van der Waals surface area contributed by atoms with Crippen LogP contribution >= 0.6 is 24.0 Å². The number of aromatic nitrogens is 3. The zero-order valence-corrected chi connectivity index (χ0v) is 20.0. The number of nitrogens with zero attached hydrogens (tertiary/aromatic N) is 5. The van der Waals surface area contributed by atoms with Crippen LogP contribution in [0, 0.1) is 0 Å². The van der Waals surface area contributed by atoms with Crippen molar-refractivity contribution in [2.75, 3.05) is 28.3 Å². The fourth-order valence-electron chi connectivity index (χ4n) is 3.53. The first kappa shape index (κ1) is 23.2. The Labute approximate surface area is 189 Å². The molecular formula is C20H31IN6O2. The van der Waals surface area contributed by atoms with E-state index in [1.165, 1.54) is 19.3 Å². The molecule has 1 aliphatic rings. The molecule has 29 heavy (non-hydrogen) atoms. The molecule has 0 spiro atoms. The lowest BCUT2D eigenvalue weighted by atomic mass is 10.2. The summed E-state index contributed by atoms with van der Waals surface area (Å²) >= 11 is 0. The van der Waals surface area contributed by atoms with Crippen LogP contribution in [0.2, 0.25) is 0 Å². The molecule has 2 aromatic rings. The Bertz CT molecular complexity index is 823. The van der Waals surface area contributed by atoms with Gasteiger partial charge in [-0.1, -0.05) is 6.42 Å². The topological polar surface area (TPSA) is 76.8 Å². The maximum atomic E-state index is 5.51. The lowest BCUT2D eigenvalue weighted by Crippen LogP contribution is -2.38. The predicted octanol–water partition coefficient (Wildman–Crippen LogP) is 2.85. The average Bonchev–Trinajstić information content (AvgIpc) is 2.95. The molecule has 0 aliphatic carbocycles. The highest BCUT2D eigenvalue weighted by atomic mass is 127. The van der Waals surface area contributed by atoms with Gasteiger partial charge in [0.15, 0.2) is 11.8 Å². The Morgan fingerprint density at radius 1 is 1.21 bits per heavy atom. The quantitative estimate of drug-likeness (QED) is 0.363. The zero-order chi connectivity index (χ0) is 19.9. The van der Waals surface area contributed by atoms with E-state index < -0.39 is 0 Å². The summed E-state index contributed by atoms with van der Waals surface area (Å²) in [6.07, 6.45) is 4.65. The maximum absolute atomic E-state index is 5.51. The minimum Gasteiger partial charge on any atom is -0.497 e. The summed E-state index contributed by atoms with van der Waals surface area (Å²) in [5.41, 5.74) is 1.06. The van der Waals surface area contributed by atoms with Crippen LogP contribution in [0.5, 0.6) is 11.5 Å². The third-order valence-corrected chi connectivity index (χ3v) is 5.07. The van der Waals surface area contributed by atoms with E-state index in [0.29, 0.717) is 13.1 Å². The van der Waals surface area contributed by atoms with Gasteiger partial charge in [-0.3, -0.25) is 4.99 Å². The Hall–Kier alpha value is -2.04. The Morgan fingerprint density at radius 2 is 2.03 bits per heavy atom. The van der Waals surface area contributed by atoms with E-state index in [0.717, 1.165) is 47.6 Å². The highest BCUT2D eigenvalue weighted by molar-refractivity contribution is 14.0. The summed E-state index contributed by atoms with van der Waals surface area (Å²) in [5.74, 6) is 4.43. The first-order valence-electron chi connectivity index (χ1n) is 9.70. The Morgan fingerprint density at radius 3 is 2.76 bits per heavy atom. The molecule has 2 heterocycles. The van der Waals surface area contributed by atoms with Crippen LogP contribution in [0.25, 0.3) is 0 Å². The van der Waals surface area contributed by atoms with Crippen molar-refractivity contribution in [3.05, 3.63) is 35.4 Å². The second-order valence-corrected chi connectivity index (χ2v) is 6.93. The van der Waals surface area contributed by atoms with Crippen LogP contribution in [0.1, 0.15) is 36.5 Å². The molecule has 1 N–H and O–H groups in total. The number of fused-ring (bicyclic) bond motifs is 1. The van der Waals surface area contributed by atoms with E-state index >= 15 is 0 Å². The van der Waals surface area contributed by atoms with Crippen molar-refractivity contribution < 1.29 is 9.47 Å². The second kappa shape index (κ2) is 11.2. The van der Waals surface area contributed by atoms with Gasteiger partial charge in [0.1, 0.15) is 17.3 Å². The van der Waals surface area contributed by atoms with Gasteiger partial charge in [0.2, 0.25) is 0 Å². The van der Waals surface area contributed by atoms with E-state index in [1.54, 1.807) is 21.3 Å². The van der Waals surface area contributed by atoms with Gasteiger partial charge in [-0.15, -0.1) is 34.2 Å². The molecule has 1 aliphatic heterocycles. The Balaban J connectivity index is 0.00000300. The summed E-state index contributed by atoms with van der Waals surface area (Å²) in [4.78, 5) is 6.47. The predicted molar refractivity (Wildman–Crippen MR) is 124 cm³/mol. The van der Waals surface area contributed by atoms with Crippen molar-refractivity contribution >= 4 is 29.9 Å². The number of halogens is 1. The van der Waals surface area contributed by atoms with Gasteiger partial charge < -0.3 is 24.3 Å². The first-order valence-corrected chi connectivity index (χ1v) is 9.70. The van der Waals surface area contributed by atoms with Crippen LogP contribution in [-0.2, 0) is 26.1 Å². The number of ether oxygens (including phenoxy) is 2. The van der Waals surface area contributed by atoms with Gasteiger partial charge in [0.25, 0.3) is 0 Å². The molecule has 0 saturated carbocycles. The lowest BCUT2D eigenvalue weighted by Gasteiger charge is -2.23. The van der Waals surface area contributed by atoms with Gasteiger partial charge >= 0.3 is 0 Å². The standard InChI is InChI=1S/C20H30N6O2.HI/c1-21-20(22-13-19-24-23-18-8-6-5-7-11-26(18)19)25(2)14-15-9-10-16(27-3)12-17(15)28-4;/h9-10,12H,5-8,11,13-14H2,1-4H3,(H,21,22);1H. The van der Waals surface area contributed by atoms with Crippen molar-refractivity contribution in [3.63, 3.8) is 0 Å². The van der Waals surface area contributed by atoms with Gasteiger partial charge in [0, 0.05) is 45.2 Å². The SMILES string of the molecule is CN=C(NCc1nnc2n1CCCCC2)N(C)Cc1ccc(OC)cc1OC.I. The zero-order valence-electron chi connectivity index (χ0n) is 17.6. The highest BCUT2D eigenvalue weighted by Gasteiger charge is 2.16. The first-order chi connectivity index (χ1) is 13.7. The van der Waals surface area contributed by atoms with Crippen molar-refractivity contribution in [1.29, 1.82) is 0 Å². The van der Waals surface area contributed by atoms with Crippen LogP contribution in [-0.4, -0.2) is 53.9 Å². The molecule has 3 rings (SSSR count). The number of aliphatic imine (C=N–C) groups is 1. The summed E-state index contributed by atoms with van der Waals surface area (Å²) in [6.45, 7) is 2.26. The molecule has 0 bridgehead atoms. The fourth-order valence-corrected chi connectivity index (χ4v) is 3.53. The van der Waals surface area contributed by atoms with Crippen LogP contribution in [0.3, 0.4) is 0 Å². The van der Waals surface area contributed by atoms with Crippen molar-refractivity contribution in [1.82, 2.24) is 25.0 Å². The maximum Gasteiger partial charge on any atom is 0.194 e. The monoisotopic (exact) mass is 514 g/mol. The molecule has 1 aromatic carbocycles. The fraction of sp³-hybridized carbons (Fsp3) is 0.550. The molecular weight excluding hydrogens is 483 g/mol. The van der Waals surface area contributed by atoms with Gasteiger partial charge in [0.05, 0.1) is 20.8 Å². The molecule has 0 amide bonds. The molecule has 0 atom stereocenters. The highest BCUT2D eigenvalue weighted by Crippen LogP contribution is 2.25. The molecule has 9 heteroatoms. The smallest absolute Gasteiger partial charge is 0.194 e. The van der Waals surface area contributed by atoms with E-state index in [-0.39, 0.29) is 24.0 Å². The lowest BCUT2D eigenvalue weighted by molar-refractivity contribution is 0.382. The summed E-state index contributed by atoms with van der Waals surface area (Å²) in [7, 11) is 7.11. The van der Waals surface area contributed by atoms with Crippen LogP contribution in [0.15, 0.2) is 23.2 Å². The van der Waals surface area contributed by atoms with E-state index in [9.17, 15) is 0 Å². The number of hydrogen-bond acceptors (Lipinski definition) is 5. The van der Waals surface area contributed by atoms with Gasteiger partial charge in [-0.2, -0.15) is 0 Å². The number of methoxy groups -OCH3 is 2. The number of guanidine groups is 1. The van der Waals surface area contributed by atoms with E-state index in [4.69, 9.17) is 9.47 Å². The summed E-state index contributed by atoms with van der Waals surface area (Å²) < 4.78 is 13.0. The van der Waals surface area contributed by atoms with Crippen molar-refractivity contribution in [2.24, 2.45) is 4.99 Å². The molecule has 160 valence electrons. The molecule has 0 fully saturated rings. The molecule has 1 aromatic heterocycles. The minimum absolute atomic E-state index is 0. The van der Waals surface area contributed by atoms with E-state index in [1.807, 2.05) is 25.2 Å². The Kier molecular flexibility index (Phi) is 8.99. The average molecular weight is 514 g/mol. The normalized spacial score (nSPS) is 13.7. The van der Waals surface area contributed by atoms with Crippen molar-refractivity contribution in [2.45, 2.75) is 45.3 Å². The number of benzene rings is 1. The molecule has 0 unspecified atom stereocenters. The van der Waals surface area contributed by atoms with Gasteiger partial charge in [-0.05, 0) is 25.0 Å². The molecule has 8 nitrogen and oxygen atoms in total. The third kappa shape index (κ3) is 5.74. The van der Waals surface area contributed by atoms with Crippen LogP contribution in [0.4, 0.5) is 0 Å². The van der Waals surface area contributed by atoms with Gasteiger partial charge in [-0.25, -0.2) is 0 Å².